The van der Waals surface area contributed by atoms with E-state index in [0.717, 1.165) is 11.4 Å². The molecule has 4 nitrogen and oxygen atoms in total. The molecule has 0 aliphatic rings. The summed E-state index contributed by atoms with van der Waals surface area (Å²) in [6.45, 7) is 0. The Morgan fingerprint density at radius 3 is 2.84 bits per heavy atom. The van der Waals surface area contributed by atoms with E-state index in [1.165, 1.54) is 0 Å². The second-order valence-corrected chi connectivity index (χ2v) is 4.42. The molecule has 6 heteroatoms. The summed E-state index contributed by atoms with van der Waals surface area (Å²) < 4.78 is 5.14. The summed E-state index contributed by atoms with van der Waals surface area (Å²) in [7, 11) is 1.62. The van der Waals surface area contributed by atoms with Gasteiger partial charge >= 0.3 is 0 Å². The van der Waals surface area contributed by atoms with Crippen molar-refractivity contribution >= 4 is 40.3 Å². The predicted molar refractivity (Wildman–Crippen MR) is 82.1 cm³/mol. The van der Waals surface area contributed by atoms with Crippen LogP contribution < -0.4 is 15.4 Å². The number of hydrogen-bond acceptors (Lipinski definition) is 3. The molecule has 0 aliphatic heterocycles. The van der Waals surface area contributed by atoms with Gasteiger partial charge in [0.15, 0.2) is 10.3 Å². The number of methoxy groups -OCH3 is 1. The largest absolute Gasteiger partial charge is 0.497 e. The van der Waals surface area contributed by atoms with Crippen LogP contribution in [0, 0.1) is 0 Å². The van der Waals surface area contributed by atoms with E-state index in [1.807, 2.05) is 24.3 Å². The fourth-order valence-corrected chi connectivity index (χ4v) is 1.86. The minimum absolute atomic E-state index is 0.372. The highest BCUT2D eigenvalue weighted by Gasteiger charge is 2.03. The van der Waals surface area contributed by atoms with Crippen LogP contribution in [0.3, 0.4) is 0 Å². The van der Waals surface area contributed by atoms with Crippen molar-refractivity contribution in [3.63, 3.8) is 0 Å². The summed E-state index contributed by atoms with van der Waals surface area (Å²) in [5, 5.41) is 6.83. The molecule has 1 heterocycles. The van der Waals surface area contributed by atoms with Crippen LogP contribution in [-0.4, -0.2) is 17.2 Å². The van der Waals surface area contributed by atoms with E-state index in [1.54, 1.807) is 25.4 Å². The van der Waals surface area contributed by atoms with E-state index in [-0.39, 0.29) is 0 Å². The Labute approximate surface area is 121 Å². The minimum atomic E-state index is 0.372. The number of benzene rings is 1. The van der Waals surface area contributed by atoms with Gasteiger partial charge in [0.1, 0.15) is 5.75 Å². The third-order valence-electron chi connectivity index (χ3n) is 2.33. The molecule has 0 atom stereocenters. The van der Waals surface area contributed by atoms with Gasteiger partial charge in [-0.05, 0) is 36.5 Å². The van der Waals surface area contributed by atoms with E-state index in [4.69, 9.17) is 28.6 Å². The average Bonchev–Trinajstić information content (AvgIpc) is 2.41. The van der Waals surface area contributed by atoms with Crippen molar-refractivity contribution in [2.24, 2.45) is 0 Å². The van der Waals surface area contributed by atoms with Crippen molar-refractivity contribution in [1.82, 2.24) is 4.98 Å². The molecule has 19 heavy (non-hydrogen) atoms. The van der Waals surface area contributed by atoms with Crippen molar-refractivity contribution in [2.45, 2.75) is 0 Å². The first-order valence-electron chi connectivity index (χ1n) is 5.51. The highest BCUT2D eigenvalue weighted by Crippen LogP contribution is 2.19. The molecule has 0 radical (unpaired) electrons. The monoisotopic (exact) mass is 293 g/mol. The second-order valence-electron chi connectivity index (χ2n) is 3.65. The molecule has 2 rings (SSSR count). The molecular formula is C13H12ClN3OS. The molecule has 0 saturated heterocycles. The normalized spacial score (nSPS) is 9.79. The van der Waals surface area contributed by atoms with Gasteiger partial charge in [0.05, 0.1) is 12.8 Å². The molecule has 0 spiro atoms. The van der Waals surface area contributed by atoms with Crippen LogP contribution in [-0.2, 0) is 0 Å². The number of thiocarbonyl (C=S) groups is 1. The van der Waals surface area contributed by atoms with E-state index < -0.39 is 0 Å². The molecule has 0 saturated carbocycles. The fraction of sp³-hybridized carbons (Fsp3) is 0.0769. The molecule has 98 valence electrons. The zero-order valence-electron chi connectivity index (χ0n) is 10.2. The Morgan fingerprint density at radius 1 is 1.26 bits per heavy atom. The number of hydrogen-bond donors (Lipinski definition) is 2. The van der Waals surface area contributed by atoms with E-state index in [9.17, 15) is 0 Å². The molecular weight excluding hydrogens is 282 g/mol. The molecule has 0 unspecified atom stereocenters. The van der Waals surface area contributed by atoms with Gasteiger partial charge in [0, 0.05) is 18.0 Å². The Morgan fingerprint density at radius 2 is 2.11 bits per heavy atom. The molecule has 0 aliphatic carbocycles. The fourth-order valence-electron chi connectivity index (χ4n) is 1.46. The first-order valence-corrected chi connectivity index (χ1v) is 6.30. The number of aromatic nitrogens is 1. The van der Waals surface area contributed by atoms with Crippen LogP contribution in [0.1, 0.15) is 0 Å². The maximum atomic E-state index is 5.94. The predicted octanol–water partition coefficient (Wildman–Crippen LogP) is 3.55. The third kappa shape index (κ3) is 3.81. The third-order valence-corrected chi connectivity index (χ3v) is 2.84. The van der Waals surface area contributed by atoms with Crippen LogP contribution >= 0.6 is 23.8 Å². The lowest BCUT2D eigenvalue weighted by molar-refractivity contribution is 0.415. The SMILES string of the molecule is COc1cccc(NC(=S)Nc2cccnc2Cl)c1. The first kappa shape index (κ1) is 13.6. The Balaban J connectivity index is 2.03. The summed E-state index contributed by atoms with van der Waals surface area (Å²) >= 11 is 11.1. The molecule has 2 N–H and O–H groups in total. The van der Waals surface area contributed by atoms with Gasteiger partial charge in [0.25, 0.3) is 0 Å². The summed E-state index contributed by atoms with van der Waals surface area (Å²) in [5.41, 5.74) is 1.49. The molecule has 0 bridgehead atoms. The van der Waals surface area contributed by atoms with Crippen LogP contribution in [0.4, 0.5) is 11.4 Å². The van der Waals surface area contributed by atoms with Gasteiger partial charge in [-0.15, -0.1) is 0 Å². The van der Waals surface area contributed by atoms with E-state index in [2.05, 4.69) is 15.6 Å². The minimum Gasteiger partial charge on any atom is -0.497 e. The smallest absolute Gasteiger partial charge is 0.175 e. The Bertz CT molecular complexity index is 592. The van der Waals surface area contributed by atoms with Crippen molar-refractivity contribution in [3.8, 4) is 5.75 Å². The number of rotatable bonds is 3. The summed E-state index contributed by atoms with van der Waals surface area (Å²) in [4.78, 5) is 3.96. The van der Waals surface area contributed by atoms with Crippen LogP contribution in [0.5, 0.6) is 5.75 Å². The molecule has 0 fully saturated rings. The molecule has 2 aromatic rings. The van der Waals surface area contributed by atoms with Gasteiger partial charge < -0.3 is 15.4 Å². The number of pyridine rings is 1. The zero-order valence-corrected chi connectivity index (χ0v) is 11.8. The number of halogens is 1. The highest BCUT2D eigenvalue weighted by molar-refractivity contribution is 7.80. The maximum absolute atomic E-state index is 5.94. The van der Waals surface area contributed by atoms with Crippen molar-refractivity contribution in [1.29, 1.82) is 0 Å². The lowest BCUT2D eigenvalue weighted by Crippen LogP contribution is -2.19. The first-order chi connectivity index (χ1) is 9.19. The van der Waals surface area contributed by atoms with Crippen molar-refractivity contribution < 1.29 is 4.74 Å². The average molecular weight is 294 g/mol. The molecule has 1 aromatic heterocycles. The van der Waals surface area contributed by atoms with E-state index >= 15 is 0 Å². The number of anilines is 2. The van der Waals surface area contributed by atoms with Crippen LogP contribution in [0.15, 0.2) is 42.6 Å². The topological polar surface area (TPSA) is 46.2 Å². The quantitative estimate of drug-likeness (QED) is 0.669. The highest BCUT2D eigenvalue weighted by atomic mass is 35.5. The van der Waals surface area contributed by atoms with Gasteiger partial charge in [-0.2, -0.15) is 0 Å². The lowest BCUT2D eigenvalue weighted by Gasteiger charge is -2.11. The Kier molecular flexibility index (Phi) is 4.54. The maximum Gasteiger partial charge on any atom is 0.175 e. The van der Waals surface area contributed by atoms with Crippen LogP contribution in [0.25, 0.3) is 0 Å². The van der Waals surface area contributed by atoms with Gasteiger partial charge in [-0.25, -0.2) is 4.98 Å². The van der Waals surface area contributed by atoms with E-state index in [0.29, 0.717) is 16.0 Å². The Hall–Kier alpha value is -1.85. The summed E-state index contributed by atoms with van der Waals surface area (Å²) in [6, 6.07) is 11.1. The van der Waals surface area contributed by atoms with Crippen molar-refractivity contribution in [2.75, 3.05) is 17.7 Å². The summed E-state index contributed by atoms with van der Waals surface area (Å²) in [5.74, 6) is 0.757. The van der Waals surface area contributed by atoms with Gasteiger partial charge in [-0.1, -0.05) is 17.7 Å². The number of ether oxygens (including phenoxy) is 1. The molecule has 0 amide bonds. The standard InChI is InChI=1S/C13H12ClN3OS/c1-18-10-5-2-4-9(8-10)16-13(19)17-11-6-3-7-15-12(11)14/h2-8H,1H3,(H2,16,17,19). The lowest BCUT2D eigenvalue weighted by atomic mass is 10.3. The van der Waals surface area contributed by atoms with Crippen LogP contribution in [0.2, 0.25) is 5.15 Å². The zero-order chi connectivity index (χ0) is 13.7. The molecule has 1 aromatic carbocycles. The van der Waals surface area contributed by atoms with Gasteiger partial charge in [-0.3, -0.25) is 0 Å². The van der Waals surface area contributed by atoms with Gasteiger partial charge in [0.2, 0.25) is 0 Å². The second kappa shape index (κ2) is 6.36. The number of nitrogens with one attached hydrogen (secondary N) is 2. The number of nitrogens with zero attached hydrogens (tertiary/aromatic N) is 1. The van der Waals surface area contributed by atoms with Crippen molar-refractivity contribution in [3.05, 3.63) is 47.7 Å². The summed E-state index contributed by atoms with van der Waals surface area (Å²) in [6.07, 6.45) is 1.62.